The number of rotatable bonds is 5. The highest BCUT2D eigenvalue weighted by Gasteiger charge is 2.22. The van der Waals surface area contributed by atoms with Gasteiger partial charge in [0.25, 0.3) is 0 Å². The molecule has 0 unspecified atom stereocenters. The number of carboxylic acid groups (broad SMARTS) is 1. The molecule has 0 aliphatic carbocycles. The maximum atomic E-state index is 11.9. The summed E-state index contributed by atoms with van der Waals surface area (Å²) in [5, 5.41) is 13.8. The van der Waals surface area contributed by atoms with Gasteiger partial charge in [0.05, 0.1) is 0 Å². The van der Waals surface area contributed by atoms with Crippen LogP contribution in [0.4, 0.5) is 0 Å². The Morgan fingerprint density at radius 1 is 0.769 bits per heavy atom. The zero-order chi connectivity index (χ0) is 17.9. The number of carboxylic acids is 1. The van der Waals surface area contributed by atoms with Crippen molar-refractivity contribution in [3.05, 3.63) is 90.5 Å². The van der Waals surface area contributed by atoms with Gasteiger partial charge in [0.2, 0.25) is 0 Å². The Balaban J connectivity index is 1.69. The monoisotopic (exact) mass is 342 g/mol. The van der Waals surface area contributed by atoms with Gasteiger partial charge in [-0.25, -0.2) is 4.79 Å². The van der Waals surface area contributed by atoms with Gasteiger partial charge < -0.3 is 9.84 Å². The molecule has 0 aromatic heterocycles. The number of carbonyl (C=O) groups is 1. The molecule has 0 spiro atoms. The van der Waals surface area contributed by atoms with Gasteiger partial charge in [-0.1, -0.05) is 78.9 Å². The average Bonchev–Trinajstić information content (AvgIpc) is 2.68. The topological polar surface area (TPSA) is 46.5 Å². The van der Waals surface area contributed by atoms with Gasteiger partial charge in [0.15, 0.2) is 6.10 Å². The fourth-order valence-electron chi connectivity index (χ4n) is 3.30. The molecule has 1 N–H and O–H groups in total. The summed E-state index contributed by atoms with van der Waals surface area (Å²) >= 11 is 0. The first-order valence-electron chi connectivity index (χ1n) is 8.56. The third-order valence-corrected chi connectivity index (χ3v) is 4.58. The molecule has 0 radical (unpaired) electrons. The van der Waals surface area contributed by atoms with E-state index in [1.165, 1.54) is 0 Å². The zero-order valence-electron chi connectivity index (χ0n) is 14.1. The summed E-state index contributed by atoms with van der Waals surface area (Å²) in [4.78, 5) is 11.9. The minimum atomic E-state index is -0.967. The van der Waals surface area contributed by atoms with Crippen LogP contribution in [0.2, 0.25) is 0 Å². The van der Waals surface area contributed by atoms with E-state index in [2.05, 4.69) is 0 Å². The van der Waals surface area contributed by atoms with E-state index >= 15 is 0 Å². The molecule has 0 aliphatic heterocycles. The predicted molar refractivity (Wildman–Crippen MR) is 104 cm³/mol. The van der Waals surface area contributed by atoms with E-state index in [1.807, 2.05) is 84.9 Å². The summed E-state index contributed by atoms with van der Waals surface area (Å²) in [6.07, 6.45) is -0.647. The second-order valence-electron chi connectivity index (χ2n) is 6.26. The van der Waals surface area contributed by atoms with Gasteiger partial charge in [-0.2, -0.15) is 0 Å². The van der Waals surface area contributed by atoms with E-state index in [1.54, 1.807) is 0 Å². The molecule has 0 bridgehead atoms. The molecule has 4 aromatic carbocycles. The van der Waals surface area contributed by atoms with Crippen molar-refractivity contribution >= 4 is 27.5 Å². The fourth-order valence-corrected chi connectivity index (χ4v) is 3.30. The predicted octanol–water partition coefficient (Wildman–Crippen LogP) is 5.07. The lowest BCUT2D eigenvalue weighted by atomic mass is 10.00. The third-order valence-electron chi connectivity index (χ3n) is 4.58. The first-order chi connectivity index (χ1) is 12.7. The van der Waals surface area contributed by atoms with Crippen molar-refractivity contribution in [3.8, 4) is 5.75 Å². The highest BCUT2D eigenvalue weighted by atomic mass is 16.5. The second-order valence-corrected chi connectivity index (χ2v) is 6.26. The van der Waals surface area contributed by atoms with E-state index < -0.39 is 12.1 Å². The lowest BCUT2D eigenvalue weighted by molar-refractivity contribution is -0.144. The van der Waals surface area contributed by atoms with Crippen LogP contribution in [0.3, 0.4) is 0 Å². The lowest BCUT2D eigenvalue weighted by Gasteiger charge is -2.17. The standard InChI is InChI=1S/C23H18O3/c24-23(25)22(15-18-11-5-9-16-7-1-3-12-19(16)18)26-21-14-6-10-17-8-2-4-13-20(17)21/h1-14,22H,15H2,(H,24,25)/t22-/m1/s1. The molecule has 3 nitrogen and oxygen atoms in total. The smallest absolute Gasteiger partial charge is 0.345 e. The molecule has 0 fully saturated rings. The Hall–Kier alpha value is -3.33. The highest BCUT2D eigenvalue weighted by molar-refractivity contribution is 5.89. The molecule has 4 aromatic rings. The van der Waals surface area contributed by atoms with Crippen molar-refractivity contribution in [2.75, 3.05) is 0 Å². The number of ether oxygens (including phenoxy) is 1. The maximum Gasteiger partial charge on any atom is 0.345 e. The molecule has 3 heteroatoms. The Morgan fingerprint density at radius 3 is 2.08 bits per heavy atom. The van der Waals surface area contributed by atoms with Crippen LogP contribution in [0, 0.1) is 0 Å². The van der Waals surface area contributed by atoms with E-state index in [0.717, 1.165) is 27.1 Å². The van der Waals surface area contributed by atoms with Crippen molar-refractivity contribution in [2.24, 2.45) is 0 Å². The molecule has 0 aliphatic rings. The summed E-state index contributed by atoms with van der Waals surface area (Å²) < 4.78 is 5.94. The van der Waals surface area contributed by atoms with Crippen LogP contribution < -0.4 is 4.74 Å². The van der Waals surface area contributed by atoms with Crippen molar-refractivity contribution in [1.29, 1.82) is 0 Å². The number of aliphatic carboxylic acids is 1. The molecule has 0 saturated heterocycles. The molecule has 128 valence electrons. The minimum Gasteiger partial charge on any atom is -0.478 e. The highest BCUT2D eigenvalue weighted by Crippen LogP contribution is 2.27. The first-order valence-corrected chi connectivity index (χ1v) is 8.56. The molecular formula is C23H18O3. The normalized spacial score (nSPS) is 12.2. The van der Waals surface area contributed by atoms with Crippen molar-refractivity contribution in [3.63, 3.8) is 0 Å². The third kappa shape index (κ3) is 3.11. The van der Waals surface area contributed by atoms with Crippen LogP contribution >= 0.6 is 0 Å². The van der Waals surface area contributed by atoms with Crippen molar-refractivity contribution in [1.82, 2.24) is 0 Å². The maximum absolute atomic E-state index is 11.9. The Bertz CT molecular complexity index is 993. The van der Waals surface area contributed by atoms with Gasteiger partial charge in [-0.05, 0) is 27.8 Å². The van der Waals surface area contributed by atoms with Crippen molar-refractivity contribution < 1.29 is 14.6 Å². The Kier molecular flexibility index (Phi) is 4.28. The molecule has 4 rings (SSSR count). The van der Waals surface area contributed by atoms with Crippen LogP contribution in [0.15, 0.2) is 84.9 Å². The number of hydrogen-bond donors (Lipinski definition) is 1. The van der Waals surface area contributed by atoms with Crippen LogP contribution in [-0.2, 0) is 11.2 Å². The minimum absolute atomic E-state index is 0.305. The number of hydrogen-bond acceptors (Lipinski definition) is 2. The quantitative estimate of drug-likeness (QED) is 0.551. The van der Waals surface area contributed by atoms with E-state index in [9.17, 15) is 9.90 Å². The molecule has 1 atom stereocenters. The van der Waals surface area contributed by atoms with Crippen molar-refractivity contribution in [2.45, 2.75) is 12.5 Å². The van der Waals surface area contributed by atoms with Crippen LogP contribution in [0.1, 0.15) is 5.56 Å². The Morgan fingerprint density at radius 2 is 1.35 bits per heavy atom. The SMILES string of the molecule is O=C(O)[C@@H](Cc1cccc2ccccc12)Oc1cccc2ccccc12. The van der Waals surface area contributed by atoms with Crippen LogP contribution in [-0.4, -0.2) is 17.2 Å². The van der Waals surface area contributed by atoms with E-state index in [-0.39, 0.29) is 0 Å². The van der Waals surface area contributed by atoms with Gasteiger partial charge in [0, 0.05) is 11.8 Å². The largest absolute Gasteiger partial charge is 0.478 e. The number of fused-ring (bicyclic) bond motifs is 2. The van der Waals surface area contributed by atoms with Crippen LogP contribution in [0.25, 0.3) is 21.5 Å². The molecule has 0 saturated carbocycles. The number of benzene rings is 4. The second kappa shape index (κ2) is 6.89. The first kappa shape index (κ1) is 16.2. The summed E-state index contributed by atoms with van der Waals surface area (Å²) in [5.74, 6) is -0.374. The summed E-state index contributed by atoms with van der Waals surface area (Å²) in [7, 11) is 0. The zero-order valence-corrected chi connectivity index (χ0v) is 14.1. The van der Waals surface area contributed by atoms with Crippen LogP contribution in [0.5, 0.6) is 5.75 Å². The lowest BCUT2D eigenvalue weighted by Crippen LogP contribution is -2.29. The average molecular weight is 342 g/mol. The van der Waals surface area contributed by atoms with E-state index in [4.69, 9.17) is 4.74 Å². The summed E-state index contributed by atoms with van der Waals surface area (Å²) in [5.41, 5.74) is 0.968. The molecule has 0 heterocycles. The van der Waals surface area contributed by atoms with Gasteiger partial charge >= 0.3 is 5.97 Å². The Labute approximate surface area is 151 Å². The van der Waals surface area contributed by atoms with Gasteiger partial charge in [0.1, 0.15) is 5.75 Å². The molecular weight excluding hydrogens is 324 g/mol. The summed E-state index contributed by atoms with van der Waals surface area (Å²) in [6, 6.07) is 27.4. The molecule has 26 heavy (non-hydrogen) atoms. The van der Waals surface area contributed by atoms with E-state index in [0.29, 0.717) is 12.2 Å². The van der Waals surface area contributed by atoms with Gasteiger partial charge in [-0.3, -0.25) is 0 Å². The molecule has 0 amide bonds. The fraction of sp³-hybridized carbons (Fsp3) is 0.0870. The van der Waals surface area contributed by atoms with Gasteiger partial charge in [-0.15, -0.1) is 0 Å². The summed E-state index contributed by atoms with van der Waals surface area (Å²) in [6.45, 7) is 0.